The minimum Gasteiger partial charge on any atom is -0.395 e. The SMILES string of the molecule is CNC1CCCCCCCCCCC1SC(C)CO. The smallest absolute Gasteiger partial charge is 0.0547 e. The van der Waals surface area contributed by atoms with E-state index in [4.69, 9.17) is 0 Å². The van der Waals surface area contributed by atoms with Gasteiger partial charge in [0.05, 0.1) is 6.61 Å². The molecule has 0 aliphatic heterocycles. The molecule has 0 heterocycles. The average molecular weight is 288 g/mol. The molecule has 0 radical (unpaired) electrons. The molecule has 0 spiro atoms. The molecule has 2 N–H and O–H groups in total. The van der Waals surface area contributed by atoms with Crippen molar-refractivity contribution in [1.29, 1.82) is 0 Å². The van der Waals surface area contributed by atoms with Crippen LogP contribution in [0.15, 0.2) is 0 Å². The van der Waals surface area contributed by atoms with Gasteiger partial charge in [0, 0.05) is 16.5 Å². The van der Waals surface area contributed by atoms with E-state index in [1.54, 1.807) is 0 Å². The van der Waals surface area contributed by atoms with Crippen LogP contribution in [-0.4, -0.2) is 35.3 Å². The lowest BCUT2D eigenvalue weighted by Gasteiger charge is -2.29. The topological polar surface area (TPSA) is 32.3 Å². The van der Waals surface area contributed by atoms with Crippen molar-refractivity contribution >= 4 is 11.8 Å². The lowest BCUT2D eigenvalue weighted by Crippen LogP contribution is -2.37. The van der Waals surface area contributed by atoms with Gasteiger partial charge in [-0.2, -0.15) is 11.8 Å². The van der Waals surface area contributed by atoms with Gasteiger partial charge in [-0.15, -0.1) is 0 Å². The Hall–Kier alpha value is 0.270. The molecule has 1 rings (SSSR count). The summed E-state index contributed by atoms with van der Waals surface area (Å²) in [4.78, 5) is 0. The summed E-state index contributed by atoms with van der Waals surface area (Å²) in [5.41, 5.74) is 0. The van der Waals surface area contributed by atoms with E-state index >= 15 is 0 Å². The van der Waals surface area contributed by atoms with Crippen molar-refractivity contribution in [3.8, 4) is 0 Å². The van der Waals surface area contributed by atoms with Crippen molar-refractivity contribution in [2.24, 2.45) is 0 Å². The van der Waals surface area contributed by atoms with Crippen molar-refractivity contribution < 1.29 is 5.11 Å². The van der Waals surface area contributed by atoms with Crippen LogP contribution in [0.25, 0.3) is 0 Å². The highest BCUT2D eigenvalue weighted by molar-refractivity contribution is 8.00. The summed E-state index contributed by atoms with van der Waals surface area (Å²) in [5.74, 6) is 0. The highest BCUT2D eigenvalue weighted by Crippen LogP contribution is 2.28. The van der Waals surface area contributed by atoms with Crippen molar-refractivity contribution in [2.45, 2.75) is 87.7 Å². The lowest BCUT2D eigenvalue weighted by atomic mass is 9.97. The van der Waals surface area contributed by atoms with Crippen LogP contribution < -0.4 is 5.32 Å². The maximum absolute atomic E-state index is 9.29. The molecule has 3 unspecified atom stereocenters. The second-order valence-corrected chi connectivity index (χ2v) is 7.65. The molecule has 1 saturated carbocycles. The molecule has 114 valence electrons. The molecule has 3 atom stereocenters. The highest BCUT2D eigenvalue weighted by atomic mass is 32.2. The molecule has 1 fully saturated rings. The van der Waals surface area contributed by atoms with E-state index in [-0.39, 0.29) is 0 Å². The molecule has 1 aliphatic rings. The van der Waals surface area contributed by atoms with E-state index in [9.17, 15) is 5.11 Å². The number of hydrogen-bond donors (Lipinski definition) is 2. The predicted octanol–water partition coefficient (Wildman–Crippen LogP) is 3.97. The normalized spacial score (nSPS) is 29.2. The van der Waals surface area contributed by atoms with E-state index in [1.807, 2.05) is 11.8 Å². The molecule has 3 heteroatoms. The summed E-state index contributed by atoms with van der Waals surface area (Å²) in [7, 11) is 2.10. The van der Waals surface area contributed by atoms with Crippen LogP contribution in [0.5, 0.6) is 0 Å². The first-order chi connectivity index (χ1) is 9.27. The van der Waals surface area contributed by atoms with Crippen molar-refractivity contribution in [3.05, 3.63) is 0 Å². The zero-order valence-electron chi connectivity index (χ0n) is 12.9. The third-order valence-corrected chi connectivity index (χ3v) is 5.77. The Bertz CT molecular complexity index is 213. The standard InChI is InChI=1S/C16H33NOS/c1-14(13-18)19-16-12-10-8-6-4-3-5-7-9-11-15(16)17-2/h14-18H,3-13H2,1-2H3. The van der Waals surface area contributed by atoms with E-state index < -0.39 is 0 Å². The summed E-state index contributed by atoms with van der Waals surface area (Å²) in [5, 5.41) is 13.9. The molecule has 0 aromatic rings. The van der Waals surface area contributed by atoms with Gasteiger partial charge in [-0.05, 0) is 19.9 Å². The largest absolute Gasteiger partial charge is 0.395 e. The quantitative estimate of drug-likeness (QED) is 0.820. The Kier molecular flexibility index (Phi) is 10.0. The van der Waals surface area contributed by atoms with E-state index in [0.29, 0.717) is 23.1 Å². The summed E-state index contributed by atoms with van der Waals surface area (Å²) in [6.07, 6.45) is 13.8. The number of nitrogens with one attached hydrogen (secondary N) is 1. The van der Waals surface area contributed by atoms with Gasteiger partial charge in [0.1, 0.15) is 0 Å². The van der Waals surface area contributed by atoms with Crippen LogP contribution >= 0.6 is 11.8 Å². The van der Waals surface area contributed by atoms with Crippen LogP contribution in [0.4, 0.5) is 0 Å². The van der Waals surface area contributed by atoms with Crippen molar-refractivity contribution in [2.75, 3.05) is 13.7 Å². The number of aliphatic hydroxyl groups excluding tert-OH is 1. The van der Waals surface area contributed by atoms with Gasteiger partial charge in [0.2, 0.25) is 0 Å². The number of hydrogen-bond acceptors (Lipinski definition) is 3. The van der Waals surface area contributed by atoms with Crippen molar-refractivity contribution in [1.82, 2.24) is 5.32 Å². The van der Waals surface area contributed by atoms with Crippen LogP contribution in [-0.2, 0) is 0 Å². The molecule has 0 aromatic heterocycles. The summed E-state index contributed by atoms with van der Waals surface area (Å²) in [6, 6.07) is 0.624. The van der Waals surface area contributed by atoms with Gasteiger partial charge >= 0.3 is 0 Å². The fraction of sp³-hybridized carbons (Fsp3) is 1.00. The van der Waals surface area contributed by atoms with Gasteiger partial charge in [-0.1, -0.05) is 58.3 Å². The molecule has 0 aromatic carbocycles. The first-order valence-electron chi connectivity index (χ1n) is 8.21. The Labute approximate surface area is 124 Å². The van der Waals surface area contributed by atoms with Gasteiger partial charge in [0.25, 0.3) is 0 Å². The van der Waals surface area contributed by atoms with Crippen LogP contribution in [0.1, 0.15) is 71.1 Å². The number of thioether (sulfide) groups is 1. The zero-order valence-corrected chi connectivity index (χ0v) is 13.7. The Morgan fingerprint density at radius 3 is 2.05 bits per heavy atom. The second kappa shape index (κ2) is 11.0. The fourth-order valence-electron chi connectivity index (χ4n) is 2.99. The van der Waals surface area contributed by atoms with Gasteiger partial charge < -0.3 is 10.4 Å². The third-order valence-electron chi connectivity index (χ3n) is 4.24. The average Bonchev–Trinajstić information content (AvgIpc) is 2.41. The molecule has 19 heavy (non-hydrogen) atoms. The zero-order chi connectivity index (χ0) is 13.9. The lowest BCUT2D eigenvalue weighted by molar-refractivity contribution is 0.299. The minimum atomic E-state index is 0.303. The maximum Gasteiger partial charge on any atom is 0.0547 e. The molecular formula is C16H33NOS. The third kappa shape index (κ3) is 7.57. The molecular weight excluding hydrogens is 254 g/mol. The first kappa shape index (κ1) is 17.3. The predicted molar refractivity (Wildman–Crippen MR) is 86.9 cm³/mol. The summed E-state index contributed by atoms with van der Waals surface area (Å²) < 4.78 is 0. The molecule has 0 amide bonds. The highest BCUT2D eigenvalue weighted by Gasteiger charge is 2.22. The number of aliphatic hydroxyl groups is 1. The summed E-state index contributed by atoms with van der Waals surface area (Å²) in [6.45, 7) is 2.45. The number of rotatable bonds is 4. The van der Waals surface area contributed by atoms with Gasteiger partial charge in [-0.3, -0.25) is 0 Å². The Balaban J connectivity index is 2.50. The van der Waals surface area contributed by atoms with Crippen LogP contribution in [0.2, 0.25) is 0 Å². The Morgan fingerprint density at radius 2 is 1.53 bits per heavy atom. The van der Waals surface area contributed by atoms with Crippen molar-refractivity contribution in [3.63, 3.8) is 0 Å². The molecule has 1 aliphatic carbocycles. The molecule has 2 nitrogen and oxygen atoms in total. The van der Waals surface area contributed by atoms with E-state index in [1.165, 1.54) is 64.2 Å². The molecule has 0 bridgehead atoms. The van der Waals surface area contributed by atoms with Gasteiger partial charge in [0.15, 0.2) is 0 Å². The summed E-state index contributed by atoms with van der Waals surface area (Å²) >= 11 is 1.99. The van der Waals surface area contributed by atoms with E-state index in [2.05, 4.69) is 19.3 Å². The second-order valence-electron chi connectivity index (χ2n) is 5.97. The fourth-order valence-corrected chi connectivity index (χ4v) is 4.44. The van der Waals surface area contributed by atoms with Gasteiger partial charge in [-0.25, -0.2) is 0 Å². The Morgan fingerprint density at radius 1 is 1.00 bits per heavy atom. The monoisotopic (exact) mass is 287 g/mol. The van der Waals surface area contributed by atoms with Crippen LogP contribution in [0.3, 0.4) is 0 Å². The minimum absolute atomic E-state index is 0.303. The van der Waals surface area contributed by atoms with E-state index in [0.717, 1.165) is 0 Å². The maximum atomic E-state index is 9.29. The molecule has 0 saturated heterocycles. The van der Waals surface area contributed by atoms with Crippen LogP contribution in [0, 0.1) is 0 Å². The first-order valence-corrected chi connectivity index (χ1v) is 9.15.